The number of carbonyl (C=O) groups is 2. The Labute approximate surface area is 125 Å². The highest BCUT2D eigenvalue weighted by Gasteiger charge is 2.20. The van der Waals surface area contributed by atoms with Crippen LogP contribution in [0.4, 0.5) is 11.4 Å². The normalized spacial score (nSPS) is 19.2. The molecule has 1 heterocycles. The van der Waals surface area contributed by atoms with E-state index in [-0.39, 0.29) is 11.8 Å². The van der Waals surface area contributed by atoms with Crippen LogP contribution in [0.25, 0.3) is 0 Å². The van der Waals surface area contributed by atoms with Crippen molar-refractivity contribution >= 4 is 23.2 Å². The molecule has 3 N–H and O–H groups in total. The fourth-order valence-corrected chi connectivity index (χ4v) is 2.49. The van der Waals surface area contributed by atoms with E-state index in [9.17, 15) is 9.59 Å². The third kappa shape index (κ3) is 4.77. The number of hydrogen-bond donors (Lipinski definition) is 2. The van der Waals surface area contributed by atoms with E-state index in [1.54, 1.807) is 24.3 Å². The molecule has 1 fully saturated rings. The Bertz CT molecular complexity index is 516. The summed E-state index contributed by atoms with van der Waals surface area (Å²) >= 11 is 0. The fraction of sp³-hybridized carbons (Fsp3) is 0.500. The molecule has 21 heavy (non-hydrogen) atoms. The number of benzene rings is 1. The average molecular weight is 289 g/mol. The van der Waals surface area contributed by atoms with Crippen LogP contribution < -0.4 is 11.1 Å². The summed E-state index contributed by atoms with van der Waals surface area (Å²) in [6.45, 7) is 3.41. The van der Waals surface area contributed by atoms with E-state index in [2.05, 4.69) is 12.2 Å². The first-order valence-corrected chi connectivity index (χ1v) is 7.48. The van der Waals surface area contributed by atoms with Gasteiger partial charge in [0.25, 0.3) is 0 Å². The van der Waals surface area contributed by atoms with Crippen LogP contribution in [-0.4, -0.2) is 29.8 Å². The number of rotatable bonds is 4. The van der Waals surface area contributed by atoms with Crippen molar-refractivity contribution in [2.45, 2.75) is 32.6 Å². The molecule has 0 radical (unpaired) electrons. The zero-order valence-electron chi connectivity index (χ0n) is 12.5. The summed E-state index contributed by atoms with van der Waals surface area (Å²) in [5, 5.41) is 2.80. The second kappa shape index (κ2) is 7.11. The molecule has 1 aromatic carbocycles. The minimum absolute atomic E-state index is 0.0919. The van der Waals surface area contributed by atoms with Gasteiger partial charge in [0.05, 0.1) is 0 Å². The molecule has 5 nitrogen and oxygen atoms in total. The number of amides is 2. The monoisotopic (exact) mass is 289 g/mol. The molecule has 1 saturated heterocycles. The number of nitrogens with zero attached hydrogens (tertiary/aromatic N) is 1. The molecule has 1 atom stereocenters. The van der Waals surface area contributed by atoms with Gasteiger partial charge in [-0.25, -0.2) is 0 Å². The van der Waals surface area contributed by atoms with Crippen molar-refractivity contribution < 1.29 is 9.59 Å². The molecule has 0 aliphatic carbocycles. The van der Waals surface area contributed by atoms with Crippen molar-refractivity contribution in [1.29, 1.82) is 0 Å². The third-order valence-electron chi connectivity index (χ3n) is 3.87. The van der Waals surface area contributed by atoms with Gasteiger partial charge in [0.1, 0.15) is 0 Å². The van der Waals surface area contributed by atoms with Crippen molar-refractivity contribution in [2.75, 3.05) is 24.1 Å². The summed E-state index contributed by atoms with van der Waals surface area (Å²) in [6, 6.07) is 7.08. The SMILES string of the molecule is CC1CCC(=O)N(CCC(=O)Nc2cccc(N)c2)CC1. The zero-order chi connectivity index (χ0) is 15.2. The predicted molar refractivity (Wildman–Crippen MR) is 83.7 cm³/mol. The van der Waals surface area contributed by atoms with Gasteiger partial charge in [0, 0.05) is 37.3 Å². The van der Waals surface area contributed by atoms with Gasteiger partial charge >= 0.3 is 0 Å². The first kappa shape index (κ1) is 15.4. The summed E-state index contributed by atoms with van der Waals surface area (Å²) in [7, 11) is 0. The molecule has 1 unspecified atom stereocenters. The maximum absolute atomic E-state index is 12.0. The van der Waals surface area contributed by atoms with Crippen molar-refractivity contribution in [1.82, 2.24) is 4.90 Å². The Balaban J connectivity index is 1.82. The van der Waals surface area contributed by atoms with E-state index in [0.717, 1.165) is 19.4 Å². The average Bonchev–Trinajstić information content (AvgIpc) is 2.59. The molecule has 1 aromatic rings. The molecule has 5 heteroatoms. The Morgan fingerprint density at radius 1 is 1.43 bits per heavy atom. The zero-order valence-corrected chi connectivity index (χ0v) is 12.5. The van der Waals surface area contributed by atoms with E-state index in [1.807, 2.05) is 4.90 Å². The summed E-state index contributed by atoms with van der Waals surface area (Å²) in [5.41, 5.74) is 6.98. The predicted octanol–water partition coefficient (Wildman–Crippen LogP) is 2.25. The van der Waals surface area contributed by atoms with Crippen LogP contribution in [0, 0.1) is 5.92 Å². The molecule has 0 spiro atoms. The highest BCUT2D eigenvalue weighted by atomic mass is 16.2. The fourth-order valence-electron chi connectivity index (χ4n) is 2.49. The van der Waals surface area contributed by atoms with Crippen molar-refractivity contribution in [3.63, 3.8) is 0 Å². The van der Waals surface area contributed by atoms with Gasteiger partial charge in [-0.2, -0.15) is 0 Å². The quantitative estimate of drug-likeness (QED) is 0.835. The van der Waals surface area contributed by atoms with Crippen molar-refractivity contribution in [3.05, 3.63) is 24.3 Å². The molecule has 0 aromatic heterocycles. The number of carbonyl (C=O) groups excluding carboxylic acids is 2. The lowest BCUT2D eigenvalue weighted by Crippen LogP contribution is -2.33. The molecule has 114 valence electrons. The first-order valence-electron chi connectivity index (χ1n) is 7.48. The molecule has 2 rings (SSSR count). The number of nitrogens with two attached hydrogens (primary N) is 1. The molecule has 2 amide bonds. The van der Waals surface area contributed by atoms with Gasteiger partial charge < -0.3 is 16.0 Å². The molecule has 0 bridgehead atoms. The number of nitrogens with one attached hydrogen (secondary N) is 1. The van der Waals surface area contributed by atoms with Crippen LogP contribution in [0.15, 0.2) is 24.3 Å². The van der Waals surface area contributed by atoms with Crippen LogP contribution in [0.2, 0.25) is 0 Å². The third-order valence-corrected chi connectivity index (χ3v) is 3.87. The van der Waals surface area contributed by atoms with Gasteiger partial charge in [-0.1, -0.05) is 13.0 Å². The standard InChI is InChI=1S/C16H23N3O2/c1-12-5-6-16(21)19(9-7-12)10-8-15(20)18-14-4-2-3-13(17)11-14/h2-4,11-12H,5-10,17H2,1H3,(H,18,20). The number of likely N-dealkylation sites (tertiary alicyclic amines) is 1. The maximum Gasteiger partial charge on any atom is 0.226 e. The van der Waals surface area contributed by atoms with Crippen LogP contribution in [0.1, 0.15) is 32.6 Å². The highest BCUT2D eigenvalue weighted by Crippen LogP contribution is 2.18. The maximum atomic E-state index is 12.0. The van der Waals surface area contributed by atoms with Gasteiger partial charge in [0.15, 0.2) is 0 Å². The van der Waals surface area contributed by atoms with Gasteiger partial charge in [-0.3, -0.25) is 9.59 Å². The smallest absolute Gasteiger partial charge is 0.226 e. The summed E-state index contributed by atoms with van der Waals surface area (Å²) in [6.07, 6.45) is 2.88. The van der Waals surface area contributed by atoms with E-state index >= 15 is 0 Å². The Kier molecular flexibility index (Phi) is 5.20. The number of nitrogen functional groups attached to an aromatic ring is 1. The van der Waals surface area contributed by atoms with Crippen molar-refractivity contribution in [2.24, 2.45) is 5.92 Å². The minimum Gasteiger partial charge on any atom is -0.399 e. The number of hydrogen-bond acceptors (Lipinski definition) is 3. The van der Waals surface area contributed by atoms with Crippen LogP contribution in [0.3, 0.4) is 0 Å². The molecular formula is C16H23N3O2. The summed E-state index contributed by atoms with van der Waals surface area (Å²) in [4.78, 5) is 25.7. The largest absolute Gasteiger partial charge is 0.399 e. The van der Waals surface area contributed by atoms with Gasteiger partial charge in [0.2, 0.25) is 11.8 Å². The van der Waals surface area contributed by atoms with E-state index in [4.69, 9.17) is 5.73 Å². The van der Waals surface area contributed by atoms with E-state index in [0.29, 0.717) is 36.7 Å². The Morgan fingerprint density at radius 2 is 2.24 bits per heavy atom. The van der Waals surface area contributed by atoms with Gasteiger partial charge in [-0.05, 0) is 37.0 Å². The first-order chi connectivity index (χ1) is 10.0. The number of anilines is 2. The second-order valence-corrected chi connectivity index (χ2v) is 5.74. The lowest BCUT2D eigenvalue weighted by molar-refractivity contribution is -0.131. The van der Waals surface area contributed by atoms with Crippen LogP contribution >= 0.6 is 0 Å². The summed E-state index contributed by atoms with van der Waals surface area (Å²) in [5.74, 6) is 0.655. The van der Waals surface area contributed by atoms with Crippen LogP contribution in [-0.2, 0) is 9.59 Å². The minimum atomic E-state index is -0.0919. The molecular weight excluding hydrogens is 266 g/mol. The Hall–Kier alpha value is -2.04. The Morgan fingerprint density at radius 3 is 3.00 bits per heavy atom. The van der Waals surface area contributed by atoms with Gasteiger partial charge in [-0.15, -0.1) is 0 Å². The van der Waals surface area contributed by atoms with E-state index < -0.39 is 0 Å². The topological polar surface area (TPSA) is 75.4 Å². The van der Waals surface area contributed by atoms with Crippen molar-refractivity contribution in [3.8, 4) is 0 Å². The molecule has 1 aliphatic rings. The summed E-state index contributed by atoms with van der Waals surface area (Å²) < 4.78 is 0. The van der Waals surface area contributed by atoms with Crippen LogP contribution in [0.5, 0.6) is 0 Å². The second-order valence-electron chi connectivity index (χ2n) is 5.74. The molecule has 1 aliphatic heterocycles. The lowest BCUT2D eigenvalue weighted by atomic mass is 10.0. The van der Waals surface area contributed by atoms with E-state index in [1.165, 1.54) is 0 Å². The molecule has 0 saturated carbocycles. The highest BCUT2D eigenvalue weighted by molar-refractivity contribution is 5.91. The lowest BCUT2D eigenvalue weighted by Gasteiger charge is -2.20.